The van der Waals surface area contributed by atoms with Crippen molar-refractivity contribution >= 4 is 41.9 Å². The number of aromatic amines is 1. The third-order valence-electron chi connectivity index (χ3n) is 7.70. The number of hydrogen-bond donors (Lipinski definition) is 7. The molecule has 3 unspecified atom stereocenters. The van der Waals surface area contributed by atoms with Gasteiger partial charge in [-0.3, -0.25) is 28.0 Å². The van der Waals surface area contributed by atoms with E-state index in [0.717, 1.165) is 10.9 Å². The van der Waals surface area contributed by atoms with Crippen molar-refractivity contribution in [3.8, 4) is 0 Å². The summed E-state index contributed by atoms with van der Waals surface area (Å²) in [6.07, 6.45) is -7.84. The van der Waals surface area contributed by atoms with Gasteiger partial charge in [0.15, 0.2) is 35.1 Å². The molecule has 4 aromatic rings. The van der Waals surface area contributed by atoms with E-state index in [2.05, 4.69) is 39.9 Å². The number of nitrogen functional groups attached to an aromatic ring is 2. The Labute approximate surface area is 242 Å². The van der Waals surface area contributed by atoms with Crippen LogP contribution >= 0.6 is 7.82 Å². The Morgan fingerprint density at radius 2 is 1.82 bits per heavy atom. The zero-order valence-corrected chi connectivity index (χ0v) is 22.8. The molecule has 24 heteroatoms. The Balaban J connectivity index is 1.12. The smallest absolute Gasteiger partial charge is 0.389 e. The van der Waals surface area contributed by atoms with E-state index in [1.165, 1.54) is 17.2 Å². The van der Waals surface area contributed by atoms with E-state index < -0.39 is 74.6 Å². The van der Waals surface area contributed by atoms with E-state index in [0.29, 0.717) is 0 Å². The molecule has 0 amide bonds. The number of nitrogens with zero attached hydrogens (tertiary/aromatic N) is 10. The van der Waals surface area contributed by atoms with Crippen LogP contribution in [0.2, 0.25) is 0 Å². The summed E-state index contributed by atoms with van der Waals surface area (Å²) in [7, 11) is -5.14. The number of anilines is 2. The number of fused-ring (bicyclic) bond motifs is 3. The molecule has 2 saturated heterocycles. The van der Waals surface area contributed by atoms with E-state index >= 15 is 0 Å². The number of aliphatic hydroxyl groups excluding tert-OH is 3. The van der Waals surface area contributed by atoms with Gasteiger partial charge in [0.2, 0.25) is 5.95 Å². The lowest BCUT2D eigenvalue weighted by molar-refractivity contribution is -0.0763. The zero-order valence-electron chi connectivity index (χ0n) is 21.9. The summed E-state index contributed by atoms with van der Waals surface area (Å²) in [6.45, 7) is -0.771. The molecule has 44 heavy (non-hydrogen) atoms. The molecule has 2 aliphatic heterocycles. The molecule has 0 bridgehead atoms. The fourth-order valence-corrected chi connectivity index (χ4v) is 6.49. The summed E-state index contributed by atoms with van der Waals surface area (Å²) in [6, 6.07) is 0. The monoisotopic (exact) mass is 635 g/mol. The van der Waals surface area contributed by atoms with Crippen molar-refractivity contribution in [3.63, 3.8) is 0 Å². The molecule has 3 fully saturated rings. The largest absolute Gasteiger partial charge is 0.472 e. The second-order valence-electron chi connectivity index (χ2n) is 10.2. The molecular weight excluding hydrogens is 613 g/mol. The number of phosphoric ester groups is 1. The minimum absolute atomic E-state index is 0.0745. The highest BCUT2D eigenvalue weighted by molar-refractivity contribution is 7.47. The number of phosphoric acid groups is 1. The Kier molecular flexibility index (Phi) is 6.39. The maximum atomic E-state index is 13.2. The Morgan fingerprint density at radius 3 is 2.57 bits per heavy atom. The third kappa shape index (κ3) is 4.15. The fraction of sp³-hybridized carbons (Fsp3) is 0.500. The van der Waals surface area contributed by atoms with Crippen LogP contribution in [-0.2, 0) is 23.1 Å². The van der Waals surface area contributed by atoms with Crippen LogP contribution in [0.3, 0.4) is 0 Å². The van der Waals surface area contributed by atoms with Gasteiger partial charge in [-0.05, 0) is 5.53 Å². The molecule has 9 N–H and O–H groups in total. The van der Waals surface area contributed by atoms with Crippen molar-refractivity contribution in [2.24, 2.45) is 5.11 Å². The number of azide groups is 1. The third-order valence-corrected chi connectivity index (χ3v) is 8.67. The van der Waals surface area contributed by atoms with Gasteiger partial charge in [0, 0.05) is 4.91 Å². The molecule has 3 aliphatic rings. The molecule has 23 nitrogen and oxygen atoms in total. The number of ether oxygens (including phenoxy) is 2. The van der Waals surface area contributed by atoms with Crippen molar-refractivity contribution in [2.75, 3.05) is 18.1 Å². The van der Waals surface area contributed by atoms with Crippen molar-refractivity contribution in [2.45, 2.75) is 54.6 Å². The standard InChI is InChI=1S/C20H22N13O10P/c21-13-6-14(25-2-24-13)32(3-26-6)17-9(35)8(34)5(41-17)1-40-44(38,39)43-12-18(42-11-10(36)20(11,12)30-31-23)33-4-27-7-15(33)28-19(22)29-16(7)37/h2-5,8-12,17-18,34-36H,1H2,(H,38,39)(H2,21,24,25)(H3,22,28,29,37)/t5-,8-,9-,10?,11-,12+,17-,18-,20?/m1/s1. The molecule has 4 aromatic heterocycles. The van der Waals surface area contributed by atoms with Gasteiger partial charge in [-0.1, -0.05) is 5.11 Å². The molecule has 0 aromatic carbocycles. The van der Waals surface area contributed by atoms with Gasteiger partial charge in [0.05, 0.1) is 25.4 Å². The van der Waals surface area contributed by atoms with Gasteiger partial charge in [-0.2, -0.15) is 4.98 Å². The Hall–Kier alpha value is -4.28. The molecule has 7 rings (SSSR count). The predicted molar refractivity (Wildman–Crippen MR) is 141 cm³/mol. The number of nitrogens with two attached hydrogens (primary N) is 2. The number of aromatic nitrogens is 8. The first-order chi connectivity index (χ1) is 21.0. The van der Waals surface area contributed by atoms with E-state index in [-0.39, 0.29) is 34.1 Å². The molecule has 232 valence electrons. The van der Waals surface area contributed by atoms with Crippen molar-refractivity contribution in [3.05, 3.63) is 39.8 Å². The second-order valence-corrected chi connectivity index (χ2v) is 11.6. The summed E-state index contributed by atoms with van der Waals surface area (Å²) in [4.78, 5) is 48.0. The average molecular weight is 635 g/mol. The Morgan fingerprint density at radius 1 is 1.09 bits per heavy atom. The topological polar surface area (TPSA) is 343 Å². The summed E-state index contributed by atoms with van der Waals surface area (Å²) < 4.78 is 37.7. The molecule has 0 spiro atoms. The molecule has 10 atom stereocenters. The van der Waals surface area contributed by atoms with Gasteiger partial charge in [-0.15, -0.1) is 0 Å². The van der Waals surface area contributed by atoms with Crippen molar-refractivity contribution in [1.82, 2.24) is 39.0 Å². The number of rotatable bonds is 8. The summed E-state index contributed by atoms with van der Waals surface area (Å²) >= 11 is 0. The SMILES string of the molecule is [N-]=[N+]=NC12C(O)[C@H]1O[C@@H](n1cnc3c(=O)[nH]c(N)nc31)[C@@H]2OP(=O)(O)OC[C@H]1O[C@@H](n2cnc3c(N)ncnc32)[C@H](O)[C@@H]1O. The number of imidazole rings is 2. The van der Waals surface area contributed by atoms with Crippen molar-refractivity contribution < 1.29 is 43.3 Å². The molecule has 0 radical (unpaired) electrons. The highest BCUT2D eigenvalue weighted by Crippen LogP contribution is 2.62. The van der Waals surface area contributed by atoms with Crippen LogP contribution < -0.4 is 17.0 Å². The molecule has 1 saturated carbocycles. The number of hydrogen-bond acceptors (Lipinski definition) is 17. The van der Waals surface area contributed by atoms with Crippen LogP contribution in [0.1, 0.15) is 12.5 Å². The predicted octanol–water partition coefficient (Wildman–Crippen LogP) is -2.43. The molecule has 6 heterocycles. The second kappa shape index (κ2) is 9.87. The minimum atomic E-state index is -5.14. The minimum Gasteiger partial charge on any atom is -0.389 e. The molecular formula is C20H22N13O10P. The summed E-state index contributed by atoms with van der Waals surface area (Å²) in [5, 5.41) is 35.4. The van der Waals surface area contributed by atoms with Crippen LogP contribution in [0.25, 0.3) is 32.8 Å². The first kappa shape index (κ1) is 28.5. The maximum Gasteiger partial charge on any atom is 0.472 e. The average Bonchev–Trinajstić information content (AvgIpc) is 3.50. The number of H-pyrrole nitrogens is 1. The zero-order chi connectivity index (χ0) is 31.1. The van der Waals surface area contributed by atoms with E-state index in [9.17, 15) is 35.1 Å². The van der Waals surface area contributed by atoms with Crippen LogP contribution in [0.15, 0.2) is 28.9 Å². The van der Waals surface area contributed by atoms with Gasteiger partial charge < -0.3 is 41.2 Å². The van der Waals surface area contributed by atoms with Gasteiger partial charge in [0.1, 0.15) is 47.9 Å². The normalized spacial score (nSPS) is 34.2. The first-order valence-electron chi connectivity index (χ1n) is 12.7. The van der Waals surface area contributed by atoms with Crippen LogP contribution in [-0.4, -0.2) is 108 Å². The number of aliphatic hydroxyl groups is 3. The van der Waals surface area contributed by atoms with Crippen LogP contribution in [0, 0.1) is 0 Å². The van der Waals surface area contributed by atoms with Gasteiger partial charge in [-0.25, -0.2) is 24.5 Å². The van der Waals surface area contributed by atoms with E-state index in [1.54, 1.807) is 0 Å². The summed E-state index contributed by atoms with van der Waals surface area (Å²) in [5.41, 5.74) is 18.3. The van der Waals surface area contributed by atoms with Gasteiger partial charge in [0.25, 0.3) is 5.56 Å². The lowest BCUT2D eigenvalue weighted by atomic mass is 10.1. The molecule has 1 aliphatic carbocycles. The van der Waals surface area contributed by atoms with Crippen molar-refractivity contribution in [1.29, 1.82) is 0 Å². The van der Waals surface area contributed by atoms with Gasteiger partial charge >= 0.3 is 7.82 Å². The van der Waals surface area contributed by atoms with Crippen LogP contribution in [0.5, 0.6) is 0 Å². The summed E-state index contributed by atoms with van der Waals surface area (Å²) in [5.74, 6) is -0.188. The lowest BCUT2D eigenvalue weighted by Gasteiger charge is -2.28. The quantitative estimate of drug-likeness (QED) is 0.0457. The fourth-order valence-electron chi connectivity index (χ4n) is 5.53. The number of nitrogens with one attached hydrogen (secondary N) is 1. The highest BCUT2D eigenvalue weighted by atomic mass is 31.2. The van der Waals surface area contributed by atoms with E-state index in [4.69, 9.17) is 30.0 Å². The maximum absolute atomic E-state index is 13.2. The lowest BCUT2D eigenvalue weighted by Crippen LogP contribution is -2.38. The van der Waals surface area contributed by atoms with Crippen LogP contribution in [0.4, 0.5) is 11.8 Å². The first-order valence-corrected chi connectivity index (χ1v) is 14.2. The Bertz CT molecular complexity index is 1940. The van der Waals surface area contributed by atoms with E-state index in [1.807, 2.05) is 0 Å². The highest BCUT2D eigenvalue weighted by Gasteiger charge is 2.78.